The lowest BCUT2D eigenvalue weighted by Gasteiger charge is -2.13. The second kappa shape index (κ2) is 5.71. The first-order valence-electron chi connectivity index (χ1n) is 6.02. The molecular weight excluding hydrogens is 250 g/mol. The van der Waals surface area contributed by atoms with Crippen molar-refractivity contribution in [1.29, 1.82) is 0 Å². The minimum absolute atomic E-state index is 0.0187. The van der Waals surface area contributed by atoms with Crippen molar-refractivity contribution in [2.45, 2.75) is 18.9 Å². The van der Waals surface area contributed by atoms with Crippen molar-refractivity contribution >= 4 is 11.9 Å². The number of fused-ring (bicyclic) bond motifs is 1. The summed E-state index contributed by atoms with van der Waals surface area (Å²) >= 11 is 0. The lowest BCUT2D eigenvalue weighted by Crippen LogP contribution is -2.41. The van der Waals surface area contributed by atoms with E-state index < -0.39 is 17.9 Å². The maximum Gasteiger partial charge on any atom is 0.326 e. The number of ether oxygens (including phenoxy) is 1. The summed E-state index contributed by atoms with van der Waals surface area (Å²) < 4.78 is 5.33. The number of rotatable bonds is 5. The van der Waals surface area contributed by atoms with Crippen molar-refractivity contribution in [3.05, 3.63) is 29.3 Å². The van der Waals surface area contributed by atoms with Crippen molar-refractivity contribution in [3.63, 3.8) is 0 Å². The van der Waals surface area contributed by atoms with Crippen LogP contribution in [0.5, 0.6) is 5.75 Å². The van der Waals surface area contributed by atoms with Gasteiger partial charge in [-0.3, -0.25) is 4.79 Å². The molecule has 2 rings (SSSR count). The van der Waals surface area contributed by atoms with Gasteiger partial charge in [0.05, 0.1) is 6.61 Å². The van der Waals surface area contributed by atoms with E-state index in [0.717, 1.165) is 17.7 Å². The third-order valence-electron chi connectivity index (χ3n) is 2.97. The topological polar surface area (TPSA) is 95.9 Å². The second-order valence-electron chi connectivity index (χ2n) is 4.30. The number of aliphatic carboxylic acids is 1. The zero-order valence-electron chi connectivity index (χ0n) is 10.3. The lowest BCUT2D eigenvalue weighted by atomic mass is 10.1. The van der Waals surface area contributed by atoms with Gasteiger partial charge in [0, 0.05) is 25.0 Å². The average Bonchev–Trinajstić information content (AvgIpc) is 2.85. The fourth-order valence-corrected chi connectivity index (χ4v) is 1.96. The Morgan fingerprint density at radius 1 is 1.42 bits per heavy atom. The van der Waals surface area contributed by atoms with E-state index in [1.807, 2.05) is 0 Å². The highest BCUT2D eigenvalue weighted by Crippen LogP contribution is 2.25. The van der Waals surface area contributed by atoms with Crippen LogP contribution >= 0.6 is 0 Å². The molecule has 19 heavy (non-hydrogen) atoms. The summed E-state index contributed by atoms with van der Waals surface area (Å²) in [6.07, 6.45) is 0.727. The molecule has 1 aromatic rings. The van der Waals surface area contributed by atoms with E-state index in [0.29, 0.717) is 12.2 Å². The van der Waals surface area contributed by atoms with Crippen molar-refractivity contribution in [2.24, 2.45) is 0 Å². The standard InChI is InChI=1S/C13H15NO5/c15-5-3-10(13(17)18)14-12(16)9-1-2-11-8(7-9)4-6-19-11/h1-2,7,10,15H,3-6H2,(H,14,16)(H,17,18)/t10-/m0/s1. The first-order valence-corrected chi connectivity index (χ1v) is 6.02. The molecule has 0 bridgehead atoms. The van der Waals surface area contributed by atoms with E-state index in [9.17, 15) is 9.59 Å². The molecule has 3 N–H and O–H groups in total. The number of benzene rings is 1. The number of hydrogen-bond donors (Lipinski definition) is 3. The summed E-state index contributed by atoms with van der Waals surface area (Å²) in [5, 5.41) is 20.1. The molecule has 6 nitrogen and oxygen atoms in total. The number of hydrogen-bond acceptors (Lipinski definition) is 4. The third kappa shape index (κ3) is 3.03. The molecule has 1 heterocycles. The third-order valence-corrected chi connectivity index (χ3v) is 2.97. The minimum Gasteiger partial charge on any atom is -0.493 e. The number of carbonyl (C=O) groups is 2. The molecule has 0 radical (unpaired) electrons. The Morgan fingerprint density at radius 2 is 2.21 bits per heavy atom. The largest absolute Gasteiger partial charge is 0.493 e. The highest BCUT2D eigenvalue weighted by molar-refractivity contribution is 5.96. The van der Waals surface area contributed by atoms with Crippen molar-refractivity contribution in [3.8, 4) is 5.75 Å². The molecule has 1 aliphatic rings. The van der Waals surface area contributed by atoms with E-state index in [4.69, 9.17) is 14.9 Å². The van der Waals surface area contributed by atoms with Gasteiger partial charge in [-0.05, 0) is 23.8 Å². The van der Waals surface area contributed by atoms with E-state index in [1.165, 1.54) is 0 Å². The van der Waals surface area contributed by atoms with Gasteiger partial charge in [-0.25, -0.2) is 4.79 Å². The number of nitrogens with one attached hydrogen (secondary N) is 1. The van der Waals surface area contributed by atoms with E-state index in [2.05, 4.69) is 5.32 Å². The maximum atomic E-state index is 11.9. The number of aliphatic hydroxyl groups excluding tert-OH is 1. The Labute approximate surface area is 110 Å². The predicted octanol–water partition coefficient (Wildman–Crippen LogP) is 0.187. The predicted molar refractivity (Wildman–Crippen MR) is 66.2 cm³/mol. The fraction of sp³-hybridized carbons (Fsp3) is 0.385. The summed E-state index contributed by atoms with van der Waals surface area (Å²) in [6.45, 7) is 0.304. The highest BCUT2D eigenvalue weighted by Gasteiger charge is 2.21. The molecule has 102 valence electrons. The highest BCUT2D eigenvalue weighted by atomic mass is 16.5. The van der Waals surface area contributed by atoms with Crippen LogP contribution in [-0.2, 0) is 11.2 Å². The van der Waals surface area contributed by atoms with Crippen LogP contribution in [0.4, 0.5) is 0 Å². The van der Waals surface area contributed by atoms with Crippen LogP contribution in [0.3, 0.4) is 0 Å². The van der Waals surface area contributed by atoms with Gasteiger partial charge in [0.15, 0.2) is 0 Å². The van der Waals surface area contributed by atoms with Gasteiger partial charge in [-0.15, -0.1) is 0 Å². The zero-order chi connectivity index (χ0) is 13.8. The molecule has 1 aliphatic heterocycles. The number of carbonyl (C=O) groups excluding carboxylic acids is 1. The molecule has 1 atom stereocenters. The number of carboxylic acid groups (broad SMARTS) is 1. The van der Waals surface area contributed by atoms with Crippen molar-refractivity contribution in [1.82, 2.24) is 5.32 Å². The molecule has 1 aromatic carbocycles. The van der Waals surface area contributed by atoms with Crippen LogP contribution in [-0.4, -0.2) is 41.3 Å². The molecule has 1 amide bonds. The lowest BCUT2D eigenvalue weighted by molar-refractivity contribution is -0.139. The van der Waals surface area contributed by atoms with Gasteiger partial charge in [-0.1, -0.05) is 0 Å². The van der Waals surface area contributed by atoms with Gasteiger partial charge in [0.1, 0.15) is 11.8 Å². The molecule has 0 saturated carbocycles. The first-order chi connectivity index (χ1) is 9.11. The Balaban J connectivity index is 2.09. The first kappa shape index (κ1) is 13.4. The summed E-state index contributed by atoms with van der Waals surface area (Å²) in [7, 11) is 0. The van der Waals surface area contributed by atoms with Crippen molar-refractivity contribution in [2.75, 3.05) is 13.2 Å². The molecule has 0 aromatic heterocycles. The molecule has 0 aliphatic carbocycles. The van der Waals surface area contributed by atoms with E-state index in [-0.39, 0.29) is 13.0 Å². The van der Waals surface area contributed by atoms with Crippen LogP contribution < -0.4 is 10.1 Å². The number of amides is 1. The SMILES string of the molecule is O=C(N[C@@H](CCO)C(=O)O)c1ccc2c(c1)CCO2. The summed E-state index contributed by atoms with van der Waals surface area (Å²) in [4.78, 5) is 22.8. The molecule has 0 unspecified atom stereocenters. The average molecular weight is 265 g/mol. The fourth-order valence-electron chi connectivity index (χ4n) is 1.96. The summed E-state index contributed by atoms with van der Waals surface area (Å²) in [5.41, 5.74) is 1.34. The number of aliphatic hydroxyl groups is 1. The van der Waals surface area contributed by atoms with Gasteiger partial charge in [0.2, 0.25) is 0 Å². The van der Waals surface area contributed by atoms with Gasteiger partial charge in [0.25, 0.3) is 5.91 Å². The van der Waals surface area contributed by atoms with Gasteiger partial charge in [-0.2, -0.15) is 0 Å². The van der Waals surface area contributed by atoms with Crippen LogP contribution in [0.2, 0.25) is 0 Å². The zero-order valence-corrected chi connectivity index (χ0v) is 10.3. The Hall–Kier alpha value is -2.08. The Morgan fingerprint density at radius 3 is 2.89 bits per heavy atom. The molecule has 0 fully saturated rings. The monoisotopic (exact) mass is 265 g/mol. The van der Waals surface area contributed by atoms with Crippen LogP contribution in [0.15, 0.2) is 18.2 Å². The van der Waals surface area contributed by atoms with Crippen molar-refractivity contribution < 1.29 is 24.5 Å². The Bertz CT molecular complexity index is 500. The van der Waals surface area contributed by atoms with Gasteiger partial charge < -0.3 is 20.3 Å². The maximum absolute atomic E-state index is 11.9. The quantitative estimate of drug-likeness (QED) is 0.706. The molecule has 6 heteroatoms. The normalized spacial score (nSPS) is 14.4. The smallest absolute Gasteiger partial charge is 0.326 e. The van der Waals surface area contributed by atoms with Crippen LogP contribution in [0.1, 0.15) is 22.3 Å². The van der Waals surface area contributed by atoms with E-state index in [1.54, 1.807) is 18.2 Å². The molecular formula is C13H15NO5. The Kier molecular flexibility index (Phi) is 4.01. The van der Waals surface area contributed by atoms with Crippen LogP contribution in [0.25, 0.3) is 0 Å². The minimum atomic E-state index is -1.16. The molecule has 0 spiro atoms. The number of carboxylic acids is 1. The van der Waals surface area contributed by atoms with Gasteiger partial charge >= 0.3 is 5.97 Å². The van der Waals surface area contributed by atoms with E-state index >= 15 is 0 Å². The summed E-state index contributed by atoms with van der Waals surface area (Å²) in [6, 6.07) is 3.92. The second-order valence-corrected chi connectivity index (χ2v) is 4.30. The van der Waals surface area contributed by atoms with Crippen LogP contribution in [0, 0.1) is 0 Å². The summed E-state index contributed by atoms with van der Waals surface area (Å²) in [5.74, 6) is -0.857. The molecule has 0 saturated heterocycles.